The lowest BCUT2D eigenvalue weighted by molar-refractivity contribution is -0.148. The minimum Gasteiger partial charge on any atom is -0.369 e. The summed E-state index contributed by atoms with van der Waals surface area (Å²) in [5.41, 5.74) is 6.06. The van der Waals surface area contributed by atoms with E-state index in [4.69, 9.17) is 5.73 Å². The Kier molecular flexibility index (Phi) is 5.93. The largest absolute Gasteiger partial charge is 0.369 e. The first-order valence-electron chi connectivity index (χ1n) is 11.6. The molecule has 10 nitrogen and oxygen atoms in total. The number of hydrogen-bond acceptors (Lipinski definition) is 6. The first-order chi connectivity index (χ1) is 16.4. The summed E-state index contributed by atoms with van der Waals surface area (Å²) in [5.74, 6) is -2.96. The molecule has 3 aliphatic rings. The fraction of sp³-hybridized carbons (Fsp3) is 0.417. The Morgan fingerprint density at radius 2 is 1.74 bits per heavy atom. The van der Waals surface area contributed by atoms with Crippen molar-refractivity contribution in [2.75, 3.05) is 18.4 Å². The average Bonchev–Trinajstić information content (AvgIpc) is 2.83. The van der Waals surface area contributed by atoms with Gasteiger partial charge in [0.25, 0.3) is 0 Å². The Labute approximate surface area is 196 Å². The summed E-state index contributed by atoms with van der Waals surface area (Å²) >= 11 is 0. The number of fused-ring (bicyclic) bond motifs is 2. The summed E-state index contributed by atoms with van der Waals surface area (Å²) in [4.78, 5) is 52.4. The summed E-state index contributed by atoms with van der Waals surface area (Å²) in [6.07, 6.45) is -0.0127. The van der Waals surface area contributed by atoms with Crippen molar-refractivity contribution in [3.05, 3.63) is 42.5 Å². The number of carbonyl (C=O) groups excluding carboxylic acids is 4. The summed E-state index contributed by atoms with van der Waals surface area (Å²) in [5, 5.41) is 13.9. The van der Waals surface area contributed by atoms with Crippen LogP contribution in [-0.4, -0.2) is 54.1 Å². The molecule has 10 heteroatoms. The molecule has 4 unspecified atom stereocenters. The highest BCUT2D eigenvalue weighted by atomic mass is 16.2. The van der Waals surface area contributed by atoms with Gasteiger partial charge in [-0.25, -0.2) is 0 Å². The average molecular weight is 465 g/mol. The molecule has 178 valence electrons. The number of benzene rings is 2. The maximum absolute atomic E-state index is 13.3. The van der Waals surface area contributed by atoms with Gasteiger partial charge in [0.05, 0.1) is 18.0 Å². The van der Waals surface area contributed by atoms with Crippen molar-refractivity contribution in [1.82, 2.24) is 20.9 Å². The van der Waals surface area contributed by atoms with Gasteiger partial charge in [-0.05, 0) is 24.3 Å². The molecule has 0 radical (unpaired) electrons. The zero-order valence-electron chi connectivity index (χ0n) is 18.6. The van der Waals surface area contributed by atoms with Crippen molar-refractivity contribution < 1.29 is 19.2 Å². The van der Waals surface area contributed by atoms with E-state index in [0.717, 1.165) is 10.8 Å². The Balaban J connectivity index is 1.31. The van der Waals surface area contributed by atoms with Gasteiger partial charge < -0.3 is 21.7 Å². The third-order valence-electron chi connectivity index (χ3n) is 7.11. The zero-order valence-corrected chi connectivity index (χ0v) is 18.6. The fourth-order valence-electron chi connectivity index (χ4n) is 5.26. The van der Waals surface area contributed by atoms with E-state index >= 15 is 0 Å². The Morgan fingerprint density at radius 3 is 2.50 bits per heavy atom. The van der Waals surface area contributed by atoms with Crippen molar-refractivity contribution >= 4 is 40.1 Å². The van der Waals surface area contributed by atoms with E-state index in [1.54, 1.807) is 0 Å². The highest BCUT2D eigenvalue weighted by molar-refractivity contribution is 6.05. The summed E-state index contributed by atoms with van der Waals surface area (Å²) in [7, 11) is 0. The number of hydrogen-bond donors (Lipinski definition) is 5. The number of rotatable bonds is 4. The predicted molar refractivity (Wildman–Crippen MR) is 125 cm³/mol. The van der Waals surface area contributed by atoms with E-state index in [1.165, 1.54) is 0 Å². The van der Waals surface area contributed by atoms with E-state index in [2.05, 4.69) is 21.3 Å². The quantitative estimate of drug-likeness (QED) is 0.433. The van der Waals surface area contributed by atoms with Gasteiger partial charge in [-0.3, -0.25) is 29.4 Å². The molecule has 0 spiro atoms. The molecule has 0 bridgehead atoms. The molecule has 3 heterocycles. The number of piperidine rings is 2. The molecule has 3 saturated heterocycles. The highest BCUT2D eigenvalue weighted by Crippen LogP contribution is 2.30. The monoisotopic (exact) mass is 464 g/mol. The number of carbonyl (C=O) groups is 4. The fourth-order valence-corrected chi connectivity index (χ4v) is 5.26. The third-order valence-corrected chi connectivity index (χ3v) is 7.11. The number of primary amides is 1. The highest BCUT2D eigenvalue weighted by Gasteiger charge is 2.49. The van der Waals surface area contributed by atoms with Crippen molar-refractivity contribution in [3.63, 3.8) is 0 Å². The van der Waals surface area contributed by atoms with Crippen LogP contribution in [0.15, 0.2) is 42.5 Å². The van der Waals surface area contributed by atoms with Crippen LogP contribution in [0.3, 0.4) is 0 Å². The van der Waals surface area contributed by atoms with Crippen LogP contribution in [-0.2, 0) is 19.2 Å². The lowest BCUT2D eigenvalue weighted by Gasteiger charge is -2.47. The molecular formula is C24H28N6O4. The molecule has 0 aliphatic carbocycles. The minimum atomic E-state index is -0.813. The van der Waals surface area contributed by atoms with E-state index in [0.29, 0.717) is 31.6 Å². The predicted octanol–water partition coefficient (Wildman–Crippen LogP) is 0.0570. The van der Waals surface area contributed by atoms with Gasteiger partial charge >= 0.3 is 0 Å². The zero-order chi connectivity index (χ0) is 23.8. The molecule has 4 amide bonds. The van der Waals surface area contributed by atoms with Gasteiger partial charge in [0.2, 0.25) is 23.6 Å². The van der Waals surface area contributed by atoms with Crippen molar-refractivity contribution in [2.45, 2.75) is 31.7 Å². The number of nitrogens with one attached hydrogen (secondary N) is 4. The molecule has 3 aliphatic heterocycles. The molecular weight excluding hydrogens is 436 g/mol. The van der Waals surface area contributed by atoms with Gasteiger partial charge in [0, 0.05) is 36.5 Å². The summed E-state index contributed by atoms with van der Waals surface area (Å²) in [6, 6.07) is 13.3. The number of amides is 4. The third kappa shape index (κ3) is 4.22. The van der Waals surface area contributed by atoms with Crippen LogP contribution in [0.5, 0.6) is 0 Å². The van der Waals surface area contributed by atoms with Gasteiger partial charge in [-0.2, -0.15) is 0 Å². The number of likely N-dealkylation sites (tertiary alicyclic amines) is 1. The van der Waals surface area contributed by atoms with Gasteiger partial charge in [-0.15, -0.1) is 0 Å². The normalized spacial score (nSPS) is 28.0. The maximum Gasteiger partial charge on any atom is 0.229 e. The molecule has 34 heavy (non-hydrogen) atoms. The first-order valence-corrected chi connectivity index (χ1v) is 11.6. The Bertz CT molecular complexity index is 1140. The van der Waals surface area contributed by atoms with Crippen molar-refractivity contribution in [2.24, 2.45) is 23.5 Å². The van der Waals surface area contributed by atoms with Crippen LogP contribution in [0.2, 0.25) is 0 Å². The molecule has 6 N–H and O–H groups in total. The number of anilines is 1. The molecule has 3 fully saturated rings. The second-order valence-electron chi connectivity index (χ2n) is 9.19. The molecule has 0 aromatic heterocycles. The SMILES string of the molecule is NC(=O)C1CCN(C2NC(=O)C3C(NC(=O)CC3C(=O)Nc3cccc4ccccc34)N2)CC1. The van der Waals surface area contributed by atoms with Gasteiger partial charge in [0.15, 0.2) is 0 Å². The second-order valence-corrected chi connectivity index (χ2v) is 9.19. The summed E-state index contributed by atoms with van der Waals surface area (Å²) in [6.45, 7) is 1.17. The lowest BCUT2D eigenvalue weighted by atomic mass is 9.81. The van der Waals surface area contributed by atoms with Crippen LogP contribution < -0.4 is 27.0 Å². The molecule has 2 aromatic carbocycles. The van der Waals surface area contributed by atoms with Crippen LogP contribution in [0, 0.1) is 17.8 Å². The molecule has 4 atom stereocenters. The smallest absolute Gasteiger partial charge is 0.229 e. The van der Waals surface area contributed by atoms with Crippen LogP contribution in [0.4, 0.5) is 5.69 Å². The van der Waals surface area contributed by atoms with Crippen molar-refractivity contribution in [3.8, 4) is 0 Å². The molecule has 5 rings (SSSR count). The molecule has 0 saturated carbocycles. The van der Waals surface area contributed by atoms with Crippen LogP contribution >= 0.6 is 0 Å². The van der Waals surface area contributed by atoms with Gasteiger partial charge in [-0.1, -0.05) is 36.4 Å². The van der Waals surface area contributed by atoms with Gasteiger partial charge in [0.1, 0.15) is 6.29 Å². The summed E-state index contributed by atoms with van der Waals surface area (Å²) < 4.78 is 0. The first kappa shape index (κ1) is 22.3. The van der Waals surface area contributed by atoms with E-state index in [-0.39, 0.29) is 36.0 Å². The number of nitrogens with two attached hydrogens (primary N) is 1. The lowest BCUT2D eigenvalue weighted by Crippen LogP contribution is -2.74. The Hall–Kier alpha value is -3.50. The van der Waals surface area contributed by atoms with E-state index in [9.17, 15) is 19.2 Å². The van der Waals surface area contributed by atoms with Crippen LogP contribution in [0.1, 0.15) is 19.3 Å². The minimum absolute atomic E-state index is 0.0679. The van der Waals surface area contributed by atoms with Crippen LogP contribution in [0.25, 0.3) is 10.8 Å². The second kappa shape index (κ2) is 9.03. The standard InChI is InChI=1S/C24H28N6O4/c25-20(32)14-8-10-30(11-9-14)24-28-21-19(23(34)29-24)16(12-18(31)27-21)22(33)26-17-7-3-5-13-4-1-2-6-15(13)17/h1-7,14,16,19,21,24,28H,8-12H2,(H2,25,32)(H,26,33)(H,27,31)(H,29,34). The van der Waals surface area contributed by atoms with E-state index in [1.807, 2.05) is 47.4 Å². The maximum atomic E-state index is 13.3. The molecule has 2 aromatic rings. The topological polar surface area (TPSA) is 146 Å². The van der Waals surface area contributed by atoms with Crippen molar-refractivity contribution in [1.29, 1.82) is 0 Å². The number of nitrogens with zero attached hydrogens (tertiary/aromatic N) is 1. The Morgan fingerprint density at radius 1 is 1.00 bits per heavy atom. The van der Waals surface area contributed by atoms with E-state index < -0.39 is 24.3 Å².